The number of imide groups is 1. The van der Waals surface area contributed by atoms with Crippen LogP contribution in [0.1, 0.15) is 19.3 Å². The Kier molecular flexibility index (Phi) is 3.84. The van der Waals surface area contributed by atoms with E-state index in [1.165, 1.54) is 4.90 Å². The summed E-state index contributed by atoms with van der Waals surface area (Å²) in [6.07, 6.45) is 2.28. The van der Waals surface area contributed by atoms with E-state index in [4.69, 9.17) is 5.73 Å². The highest BCUT2D eigenvalue weighted by Gasteiger charge is 2.28. The monoisotopic (exact) mass is 342 g/mol. The Morgan fingerprint density at radius 3 is 2.68 bits per heavy atom. The molecule has 0 radical (unpaired) electrons. The number of nitrogens with two attached hydrogens (primary N) is 1. The van der Waals surface area contributed by atoms with Gasteiger partial charge in [-0.25, -0.2) is 4.79 Å². The minimum Gasteiger partial charge on any atom is -0.371 e. The first-order valence-corrected chi connectivity index (χ1v) is 8.61. The summed E-state index contributed by atoms with van der Waals surface area (Å²) in [7, 11) is 1.87. The van der Waals surface area contributed by atoms with Crippen molar-refractivity contribution in [2.75, 3.05) is 29.4 Å². The van der Waals surface area contributed by atoms with Crippen molar-refractivity contribution in [1.29, 1.82) is 0 Å². The number of carbonyl (C=O) groups is 2. The third-order valence-electron chi connectivity index (χ3n) is 5.03. The van der Waals surface area contributed by atoms with Crippen molar-refractivity contribution < 1.29 is 9.59 Å². The number of anilines is 2. The first-order valence-electron chi connectivity index (χ1n) is 8.61. The van der Waals surface area contributed by atoms with E-state index in [0.29, 0.717) is 18.4 Å². The molecule has 25 heavy (non-hydrogen) atoms. The summed E-state index contributed by atoms with van der Waals surface area (Å²) in [5.41, 5.74) is 8.10. The zero-order valence-electron chi connectivity index (χ0n) is 14.2. The fourth-order valence-corrected chi connectivity index (χ4v) is 3.55. The lowest BCUT2D eigenvalue weighted by atomic mass is 10.1. The number of hydrogen-bond donors (Lipinski definition) is 2. The maximum Gasteiger partial charge on any atom is 0.329 e. The summed E-state index contributed by atoms with van der Waals surface area (Å²) in [6, 6.07) is 6.06. The van der Waals surface area contributed by atoms with Crippen LogP contribution in [0.4, 0.5) is 16.3 Å². The smallest absolute Gasteiger partial charge is 0.329 e. The van der Waals surface area contributed by atoms with Crippen LogP contribution in [0.15, 0.2) is 18.2 Å². The summed E-state index contributed by atoms with van der Waals surface area (Å²) >= 11 is 0. The number of amides is 3. The fourth-order valence-electron chi connectivity index (χ4n) is 3.55. The molecule has 2 saturated heterocycles. The molecule has 0 aliphatic carbocycles. The van der Waals surface area contributed by atoms with Crippen molar-refractivity contribution in [3.63, 3.8) is 0 Å². The number of benzene rings is 1. The molecule has 8 heteroatoms. The average Bonchev–Trinajstić information content (AvgIpc) is 2.92. The second-order valence-electron chi connectivity index (χ2n) is 6.73. The number of nitrogens with one attached hydrogen (secondary N) is 1. The molecule has 0 unspecified atom stereocenters. The third kappa shape index (κ3) is 2.82. The number of carbonyl (C=O) groups excluding carboxylic acids is 2. The van der Waals surface area contributed by atoms with Crippen molar-refractivity contribution in [1.82, 2.24) is 15.1 Å². The molecule has 0 bridgehead atoms. The number of aromatic nitrogens is 2. The van der Waals surface area contributed by atoms with Gasteiger partial charge in [-0.1, -0.05) is 0 Å². The molecule has 0 saturated carbocycles. The first-order chi connectivity index (χ1) is 12.0. The molecular formula is C17H22N6O2. The van der Waals surface area contributed by atoms with Gasteiger partial charge in [0.25, 0.3) is 0 Å². The minimum atomic E-state index is -0.412. The van der Waals surface area contributed by atoms with Gasteiger partial charge in [0.15, 0.2) is 5.82 Å². The quantitative estimate of drug-likeness (QED) is 0.847. The van der Waals surface area contributed by atoms with E-state index in [0.717, 1.165) is 42.5 Å². The molecule has 2 fully saturated rings. The first kappa shape index (κ1) is 15.9. The third-order valence-corrected chi connectivity index (χ3v) is 5.03. The topological polar surface area (TPSA) is 96.5 Å². The summed E-state index contributed by atoms with van der Waals surface area (Å²) in [5.74, 6) is 0.349. The largest absolute Gasteiger partial charge is 0.371 e. The van der Waals surface area contributed by atoms with Gasteiger partial charge in [-0.2, -0.15) is 5.10 Å². The highest BCUT2D eigenvalue weighted by Crippen LogP contribution is 2.31. The Morgan fingerprint density at radius 1 is 1.20 bits per heavy atom. The van der Waals surface area contributed by atoms with Crippen LogP contribution in [0.5, 0.6) is 0 Å². The number of fused-ring (bicyclic) bond motifs is 1. The Hall–Kier alpha value is -2.61. The fraction of sp³-hybridized carbons (Fsp3) is 0.471. The second kappa shape index (κ2) is 6.03. The van der Waals surface area contributed by atoms with Crippen LogP contribution in [0.25, 0.3) is 10.9 Å². The number of hydrogen-bond acceptors (Lipinski definition) is 5. The number of piperidine rings is 1. The van der Waals surface area contributed by atoms with E-state index in [-0.39, 0.29) is 12.3 Å². The van der Waals surface area contributed by atoms with Crippen LogP contribution in [0.3, 0.4) is 0 Å². The van der Waals surface area contributed by atoms with E-state index in [9.17, 15) is 9.59 Å². The number of rotatable bonds is 2. The predicted molar refractivity (Wildman–Crippen MR) is 95.6 cm³/mol. The molecule has 1 aromatic carbocycles. The summed E-state index contributed by atoms with van der Waals surface area (Å²) in [6.45, 7) is 2.25. The van der Waals surface area contributed by atoms with Crippen LogP contribution < -0.4 is 20.9 Å². The Bertz CT molecular complexity index is 837. The average molecular weight is 342 g/mol. The van der Waals surface area contributed by atoms with Gasteiger partial charge < -0.3 is 10.6 Å². The SMILES string of the molecule is Cn1nc(N2CCC(=O)NC2=O)c2ccc(N3CCC(N)CC3)cc21. The molecule has 2 aromatic rings. The zero-order chi connectivity index (χ0) is 17.6. The van der Waals surface area contributed by atoms with E-state index < -0.39 is 6.03 Å². The molecule has 3 heterocycles. The van der Waals surface area contributed by atoms with Crippen molar-refractivity contribution in [3.05, 3.63) is 18.2 Å². The molecule has 1 aromatic heterocycles. The second-order valence-corrected chi connectivity index (χ2v) is 6.73. The van der Waals surface area contributed by atoms with Gasteiger partial charge in [-0.15, -0.1) is 0 Å². The normalized spacial score (nSPS) is 19.6. The maximum absolute atomic E-state index is 12.1. The van der Waals surface area contributed by atoms with Crippen molar-refractivity contribution in [2.24, 2.45) is 12.8 Å². The van der Waals surface area contributed by atoms with Crippen molar-refractivity contribution in [2.45, 2.75) is 25.3 Å². The molecule has 0 atom stereocenters. The van der Waals surface area contributed by atoms with Gasteiger partial charge in [-0.05, 0) is 31.0 Å². The molecule has 132 valence electrons. The van der Waals surface area contributed by atoms with Gasteiger partial charge in [0.2, 0.25) is 5.91 Å². The van der Waals surface area contributed by atoms with Crippen molar-refractivity contribution in [3.8, 4) is 0 Å². The van der Waals surface area contributed by atoms with Gasteiger partial charge in [-0.3, -0.25) is 19.7 Å². The van der Waals surface area contributed by atoms with Crippen LogP contribution in [-0.2, 0) is 11.8 Å². The van der Waals surface area contributed by atoms with E-state index in [2.05, 4.69) is 27.4 Å². The van der Waals surface area contributed by atoms with Gasteiger partial charge >= 0.3 is 6.03 Å². The molecule has 2 aliphatic rings. The van der Waals surface area contributed by atoms with Crippen LogP contribution in [-0.4, -0.2) is 47.4 Å². The Labute approximate surface area is 145 Å². The van der Waals surface area contributed by atoms with Crippen LogP contribution in [0, 0.1) is 0 Å². The standard InChI is InChI=1S/C17H22N6O2/c1-21-14-10-12(22-7-4-11(18)5-8-22)2-3-13(14)16(20-21)23-9-6-15(24)19-17(23)25/h2-3,10-11H,4-9,18H2,1H3,(H,19,24,25). The lowest BCUT2D eigenvalue weighted by Crippen LogP contribution is -2.49. The van der Waals surface area contributed by atoms with Gasteiger partial charge in [0.1, 0.15) is 0 Å². The van der Waals surface area contributed by atoms with E-state index in [1.54, 1.807) is 4.68 Å². The molecule has 2 aliphatic heterocycles. The summed E-state index contributed by atoms with van der Waals surface area (Å²) in [5, 5.41) is 7.77. The molecule has 3 N–H and O–H groups in total. The van der Waals surface area contributed by atoms with E-state index >= 15 is 0 Å². The molecule has 3 amide bonds. The lowest BCUT2D eigenvalue weighted by Gasteiger charge is -2.32. The predicted octanol–water partition coefficient (Wildman–Crippen LogP) is 0.947. The van der Waals surface area contributed by atoms with Crippen LogP contribution >= 0.6 is 0 Å². The number of urea groups is 1. The summed E-state index contributed by atoms with van der Waals surface area (Å²) in [4.78, 5) is 27.4. The minimum absolute atomic E-state index is 0.243. The van der Waals surface area contributed by atoms with Crippen LogP contribution in [0.2, 0.25) is 0 Å². The highest BCUT2D eigenvalue weighted by atomic mass is 16.2. The molecule has 8 nitrogen and oxygen atoms in total. The maximum atomic E-state index is 12.1. The Balaban J connectivity index is 1.67. The molecule has 4 rings (SSSR count). The van der Waals surface area contributed by atoms with Gasteiger partial charge in [0, 0.05) is 50.2 Å². The highest BCUT2D eigenvalue weighted by molar-refractivity contribution is 6.09. The molecular weight excluding hydrogens is 320 g/mol. The number of nitrogens with zero attached hydrogens (tertiary/aromatic N) is 4. The molecule has 0 spiro atoms. The van der Waals surface area contributed by atoms with E-state index in [1.807, 2.05) is 13.1 Å². The van der Waals surface area contributed by atoms with Gasteiger partial charge in [0.05, 0.1) is 5.52 Å². The lowest BCUT2D eigenvalue weighted by molar-refractivity contribution is -0.120. The zero-order valence-corrected chi connectivity index (χ0v) is 14.2. The Morgan fingerprint density at radius 2 is 1.96 bits per heavy atom. The number of aryl methyl sites for hydroxylation is 1. The summed E-state index contributed by atoms with van der Waals surface area (Å²) < 4.78 is 1.79. The van der Waals surface area contributed by atoms with Crippen molar-refractivity contribution >= 4 is 34.3 Å².